The number of rotatable bonds is 14. The minimum absolute atomic E-state index is 0.0296. The number of likely N-dealkylation sites (N-methyl/N-ethyl adjacent to an activating group) is 1. The van der Waals surface area contributed by atoms with Crippen molar-refractivity contribution in [1.82, 2.24) is 15.6 Å². The summed E-state index contributed by atoms with van der Waals surface area (Å²) in [5.41, 5.74) is 3.70. The van der Waals surface area contributed by atoms with Crippen molar-refractivity contribution in [3.63, 3.8) is 0 Å². The number of amides is 2. The van der Waals surface area contributed by atoms with Crippen LogP contribution in [0.3, 0.4) is 0 Å². The van der Waals surface area contributed by atoms with Crippen LogP contribution in [0, 0.1) is 12.8 Å². The van der Waals surface area contributed by atoms with Crippen LogP contribution in [0.1, 0.15) is 37.3 Å². The third kappa shape index (κ3) is 10.9. The number of hydrogen-bond acceptors (Lipinski definition) is 5. The van der Waals surface area contributed by atoms with Gasteiger partial charge in [0.1, 0.15) is 5.75 Å². The minimum atomic E-state index is -0.304. The molecule has 0 saturated heterocycles. The van der Waals surface area contributed by atoms with Crippen LogP contribution in [0.15, 0.2) is 67.1 Å². The van der Waals surface area contributed by atoms with E-state index in [1.54, 1.807) is 25.9 Å². The molecular formula is C30H41N3O4S. The highest BCUT2D eigenvalue weighted by molar-refractivity contribution is 7.98. The molecule has 0 fully saturated rings. The van der Waals surface area contributed by atoms with E-state index in [1.165, 1.54) is 16.5 Å². The van der Waals surface area contributed by atoms with Crippen LogP contribution in [-0.4, -0.2) is 49.9 Å². The van der Waals surface area contributed by atoms with Crippen molar-refractivity contribution < 1.29 is 19.1 Å². The fourth-order valence-corrected chi connectivity index (χ4v) is 4.68. The maximum atomic E-state index is 12.5. The Morgan fingerprint density at radius 2 is 1.87 bits per heavy atom. The number of benzene rings is 2. The molecule has 3 aromatic rings. The van der Waals surface area contributed by atoms with Gasteiger partial charge < -0.3 is 25.1 Å². The van der Waals surface area contributed by atoms with E-state index < -0.39 is 0 Å². The van der Waals surface area contributed by atoms with E-state index in [-0.39, 0.29) is 24.3 Å². The van der Waals surface area contributed by atoms with Crippen molar-refractivity contribution in [3.8, 4) is 5.75 Å². The van der Waals surface area contributed by atoms with Gasteiger partial charge in [0.25, 0.3) is 0 Å². The molecule has 3 N–H and O–H groups in total. The van der Waals surface area contributed by atoms with Gasteiger partial charge >= 0.3 is 0 Å². The average Bonchev–Trinajstić information content (AvgIpc) is 3.32. The number of nitrogens with one attached hydrogen (secondary N) is 3. The number of carbonyl (C=O) groups is 2. The molecule has 0 bridgehead atoms. The second kappa shape index (κ2) is 17.2. The Balaban J connectivity index is 0.000000415. The normalized spacial score (nSPS) is 11.2. The number of H-pyrrole nitrogens is 1. The van der Waals surface area contributed by atoms with E-state index >= 15 is 0 Å². The van der Waals surface area contributed by atoms with Crippen LogP contribution < -0.4 is 15.4 Å². The van der Waals surface area contributed by atoms with Gasteiger partial charge in [0, 0.05) is 42.1 Å². The van der Waals surface area contributed by atoms with Crippen molar-refractivity contribution >= 4 is 34.5 Å². The van der Waals surface area contributed by atoms with E-state index in [0.717, 1.165) is 29.9 Å². The Morgan fingerprint density at radius 1 is 1.13 bits per heavy atom. The fourth-order valence-electron chi connectivity index (χ4n) is 3.58. The molecule has 2 aromatic carbocycles. The molecule has 1 aromatic heterocycles. The molecule has 1 atom stereocenters. The van der Waals surface area contributed by atoms with E-state index in [0.29, 0.717) is 24.5 Å². The van der Waals surface area contributed by atoms with Gasteiger partial charge in [0.2, 0.25) is 11.8 Å². The molecule has 2 amide bonds. The molecular weight excluding hydrogens is 498 g/mol. The monoisotopic (exact) mass is 539 g/mol. The number of carbonyl (C=O) groups excluding carboxylic acids is 2. The molecule has 0 aliphatic rings. The number of unbranched alkanes of at least 4 members (excludes halogenated alkanes) is 1. The molecule has 7 nitrogen and oxygen atoms in total. The highest BCUT2D eigenvalue weighted by atomic mass is 32.2. The van der Waals surface area contributed by atoms with E-state index in [2.05, 4.69) is 54.2 Å². The Kier molecular flexibility index (Phi) is 13.9. The van der Waals surface area contributed by atoms with Crippen LogP contribution in [-0.2, 0) is 20.1 Å². The van der Waals surface area contributed by atoms with Crippen molar-refractivity contribution in [3.05, 3.63) is 78.2 Å². The molecule has 1 heterocycles. The number of thioether (sulfide) groups is 1. The van der Waals surface area contributed by atoms with Crippen molar-refractivity contribution in [1.29, 1.82) is 0 Å². The van der Waals surface area contributed by atoms with Crippen LogP contribution in [0.5, 0.6) is 5.75 Å². The standard InChI is InChI=1S/C21H32N2O4S.C9H9N/c1-5-6-11-27-16(2)12-18(21(25)23-13-20(24)22-3)15-28-14-17-7-9-19(26-4)10-8-17;1-7-6-10-9-5-3-2-4-8(7)9/h7-10,18H,2,5-6,11-15H2,1,3-4H3,(H,22,24)(H,23,25);2-6,10H,1H3/t18-;/m0./s1. The summed E-state index contributed by atoms with van der Waals surface area (Å²) in [5.74, 6) is 2.14. The average molecular weight is 540 g/mol. The molecule has 0 unspecified atom stereocenters. The lowest BCUT2D eigenvalue weighted by Gasteiger charge is -2.18. The summed E-state index contributed by atoms with van der Waals surface area (Å²) in [4.78, 5) is 27.1. The molecule has 0 spiro atoms. The zero-order valence-electron chi connectivity index (χ0n) is 23.0. The van der Waals surface area contributed by atoms with Gasteiger partial charge in [-0.3, -0.25) is 9.59 Å². The fraction of sp³-hybridized carbons (Fsp3) is 0.400. The lowest BCUT2D eigenvalue weighted by atomic mass is 10.1. The van der Waals surface area contributed by atoms with Crippen LogP contribution in [0.25, 0.3) is 10.9 Å². The lowest BCUT2D eigenvalue weighted by molar-refractivity contribution is -0.128. The first-order valence-corrected chi connectivity index (χ1v) is 14.1. The summed E-state index contributed by atoms with van der Waals surface area (Å²) < 4.78 is 10.8. The highest BCUT2D eigenvalue weighted by Gasteiger charge is 2.21. The first-order valence-electron chi connectivity index (χ1n) is 12.9. The number of aromatic amines is 1. The SMILES string of the molecule is C=C(C[C@@H](CSCc1ccc(OC)cc1)C(=O)NCC(=O)NC)OCCCC.Cc1c[nH]c2ccccc12. The summed E-state index contributed by atoms with van der Waals surface area (Å²) in [6.45, 7) is 8.73. The second-order valence-electron chi connectivity index (χ2n) is 8.91. The first kappa shape index (κ1) is 30.8. The Morgan fingerprint density at radius 3 is 2.53 bits per heavy atom. The number of allylic oxidation sites excluding steroid dienone is 1. The number of aryl methyl sites for hydroxylation is 1. The maximum Gasteiger partial charge on any atom is 0.239 e. The molecule has 0 aliphatic heterocycles. The molecule has 8 heteroatoms. The largest absolute Gasteiger partial charge is 0.499 e. The summed E-state index contributed by atoms with van der Waals surface area (Å²) in [7, 11) is 3.18. The number of ether oxygens (including phenoxy) is 2. The molecule has 206 valence electrons. The van der Waals surface area contributed by atoms with Gasteiger partial charge in [-0.25, -0.2) is 0 Å². The van der Waals surface area contributed by atoms with Crippen molar-refractivity contribution in [2.75, 3.05) is 33.1 Å². The molecule has 0 saturated carbocycles. The van der Waals surface area contributed by atoms with Gasteiger partial charge in [-0.1, -0.05) is 50.3 Å². The van der Waals surface area contributed by atoms with Gasteiger partial charge in [0.05, 0.1) is 31.9 Å². The molecule has 38 heavy (non-hydrogen) atoms. The molecule has 0 radical (unpaired) electrons. The number of fused-ring (bicyclic) bond motifs is 1. The van der Waals surface area contributed by atoms with E-state index in [1.807, 2.05) is 36.5 Å². The number of aromatic nitrogens is 1. The third-order valence-corrected chi connectivity index (χ3v) is 7.07. The summed E-state index contributed by atoms with van der Waals surface area (Å²) >= 11 is 1.67. The predicted molar refractivity (Wildman–Crippen MR) is 157 cm³/mol. The van der Waals surface area contributed by atoms with Gasteiger partial charge in [-0.15, -0.1) is 0 Å². The molecule has 3 rings (SSSR count). The first-order chi connectivity index (χ1) is 18.4. The topological polar surface area (TPSA) is 92.4 Å². The Bertz CT molecular complexity index is 1140. The number of hydrogen-bond donors (Lipinski definition) is 3. The summed E-state index contributed by atoms with van der Waals surface area (Å²) in [6, 6.07) is 16.2. The Labute approximate surface area is 230 Å². The van der Waals surface area contributed by atoms with E-state index in [9.17, 15) is 9.59 Å². The highest BCUT2D eigenvalue weighted by Crippen LogP contribution is 2.22. The van der Waals surface area contributed by atoms with Gasteiger partial charge in [-0.05, 0) is 42.7 Å². The van der Waals surface area contributed by atoms with Crippen LogP contribution in [0.2, 0.25) is 0 Å². The number of methoxy groups -OCH3 is 1. The van der Waals surface area contributed by atoms with Crippen molar-refractivity contribution in [2.45, 2.75) is 38.9 Å². The van der Waals surface area contributed by atoms with Crippen LogP contribution in [0.4, 0.5) is 0 Å². The second-order valence-corrected chi connectivity index (χ2v) is 9.94. The number of para-hydroxylation sites is 1. The predicted octanol–water partition coefficient (Wildman–Crippen LogP) is 5.60. The smallest absolute Gasteiger partial charge is 0.239 e. The van der Waals surface area contributed by atoms with Gasteiger partial charge in [-0.2, -0.15) is 11.8 Å². The Hall–Kier alpha value is -3.39. The minimum Gasteiger partial charge on any atom is -0.499 e. The third-order valence-electron chi connectivity index (χ3n) is 5.89. The summed E-state index contributed by atoms with van der Waals surface area (Å²) in [5, 5.41) is 6.51. The quantitative estimate of drug-likeness (QED) is 0.183. The lowest BCUT2D eigenvalue weighted by Crippen LogP contribution is -2.39. The van der Waals surface area contributed by atoms with E-state index in [4.69, 9.17) is 9.47 Å². The zero-order chi connectivity index (χ0) is 27.8. The zero-order valence-corrected chi connectivity index (χ0v) is 23.8. The van der Waals surface area contributed by atoms with Gasteiger partial charge in [0.15, 0.2) is 0 Å². The summed E-state index contributed by atoms with van der Waals surface area (Å²) in [6.07, 6.45) is 4.48. The van der Waals surface area contributed by atoms with Crippen molar-refractivity contribution in [2.24, 2.45) is 5.92 Å². The molecule has 0 aliphatic carbocycles. The van der Waals surface area contributed by atoms with Crippen LogP contribution >= 0.6 is 11.8 Å². The maximum absolute atomic E-state index is 12.5.